The maximum atomic E-state index is 6.09. The van der Waals surface area contributed by atoms with Gasteiger partial charge in [0.15, 0.2) is 0 Å². The molecule has 1 saturated heterocycles. The van der Waals surface area contributed by atoms with Crippen LogP contribution in [0.1, 0.15) is 50.2 Å². The molecule has 0 bridgehead atoms. The normalized spacial score (nSPS) is 21.3. The number of anilines is 1. The third-order valence-corrected chi connectivity index (χ3v) is 4.33. The number of hydrogen-bond acceptors (Lipinski definition) is 2. The molecule has 1 fully saturated rings. The highest BCUT2D eigenvalue weighted by Crippen LogP contribution is 2.24. The lowest BCUT2D eigenvalue weighted by molar-refractivity contribution is 0.271. The van der Waals surface area contributed by atoms with E-state index < -0.39 is 0 Å². The lowest BCUT2D eigenvalue weighted by Crippen LogP contribution is -2.24. The average Bonchev–Trinajstić information content (AvgIpc) is 2.60. The van der Waals surface area contributed by atoms with Gasteiger partial charge in [0, 0.05) is 12.2 Å². The van der Waals surface area contributed by atoms with E-state index in [1.54, 1.807) is 0 Å². The molecule has 0 radical (unpaired) electrons. The van der Waals surface area contributed by atoms with Gasteiger partial charge in [0.25, 0.3) is 0 Å². The monoisotopic (exact) mass is 260 g/mol. The number of hydrogen-bond donors (Lipinski definition) is 1. The van der Waals surface area contributed by atoms with Crippen LogP contribution in [0.3, 0.4) is 0 Å². The van der Waals surface area contributed by atoms with Crippen LogP contribution in [0.4, 0.5) is 5.69 Å². The summed E-state index contributed by atoms with van der Waals surface area (Å²) in [5, 5.41) is 0. The quantitative estimate of drug-likeness (QED) is 0.830. The summed E-state index contributed by atoms with van der Waals surface area (Å²) in [6, 6.07) is 6.38. The molecule has 1 heterocycles. The first-order valence-electron chi connectivity index (χ1n) is 7.76. The van der Waals surface area contributed by atoms with Crippen molar-refractivity contribution in [2.45, 2.75) is 52.5 Å². The molecule has 0 spiro atoms. The van der Waals surface area contributed by atoms with E-state index >= 15 is 0 Å². The van der Waals surface area contributed by atoms with E-state index in [0.29, 0.717) is 0 Å². The van der Waals surface area contributed by atoms with Gasteiger partial charge < -0.3 is 5.73 Å². The molecule has 1 aliphatic heterocycles. The summed E-state index contributed by atoms with van der Waals surface area (Å²) in [5.41, 5.74) is 9.65. The van der Waals surface area contributed by atoms with Crippen LogP contribution in [-0.4, -0.2) is 18.0 Å². The number of nitrogens with two attached hydrogens (primary N) is 1. The van der Waals surface area contributed by atoms with Gasteiger partial charge in [0.1, 0.15) is 0 Å². The maximum Gasteiger partial charge on any atom is 0.0359 e. The second kappa shape index (κ2) is 6.95. The molecule has 19 heavy (non-hydrogen) atoms. The van der Waals surface area contributed by atoms with Crippen molar-refractivity contribution in [3.05, 3.63) is 29.3 Å². The van der Waals surface area contributed by atoms with Gasteiger partial charge in [0.05, 0.1) is 0 Å². The summed E-state index contributed by atoms with van der Waals surface area (Å²) in [7, 11) is 0. The molecule has 1 aromatic carbocycles. The second-order valence-electron chi connectivity index (χ2n) is 6.06. The van der Waals surface area contributed by atoms with Gasteiger partial charge in [0.2, 0.25) is 0 Å². The number of rotatable bonds is 4. The minimum absolute atomic E-state index is 0.944. The lowest BCUT2D eigenvalue weighted by atomic mass is 9.96. The molecule has 0 aliphatic carbocycles. The van der Waals surface area contributed by atoms with Crippen molar-refractivity contribution in [1.82, 2.24) is 4.90 Å². The zero-order valence-corrected chi connectivity index (χ0v) is 12.5. The Bertz CT molecular complexity index is 400. The molecule has 2 nitrogen and oxygen atoms in total. The average molecular weight is 260 g/mol. The minimum atomic E-state index is 0.944. The first-order chi connectivity index (χ1) is 9.19. The Kier molecular flexibility index (Phi) is 5.26. The fourth-order valence-electron chi connectivity index (χ4n) is 3.19. The van der Waals surface area contributed by atoms with Crippen LogP contribution in [0, 0.1) is 12.8 Å². The predicted molar refractivity (Wildman–Crippen MR) is 83.1 cm³/mol. The van der Waals surface area contributed by atoms with Gasteiger partial charge in [-0.05, 0) is 56.8 Å². The van der Waals surface area contributed by atoms with Gasteiger partial charge >= 0.3 is 0 Å². The summed E-state index contributed by atoms with van der Waals surface area (Å²) in [6.45, 7) is 7.93. The molecular weight excluding hydrogens is 232 g/mol. The van der Waals surface area contributed by atoms with E-state index in [2.05, 4.69) is 30.9 Å². The van der Waals surface area contributed by atoms with Gasteiger partial charge in [-0.2, -0.15) is 0 Å². The van der Waals surface area contributed by atoms with Crippen molar-refractivity contribution in [3.8, 4) is 0 Å². The summed E-state index contributed by atoms with van der Waals surface area (Å²) in [6.07, 6.45) is 6.85. The third kappa shape index (κ3) is 4.24. The van der Waals surface area contributed by atoms with Crippen LogP contribution in [-0.2, 0) is 6.54 Å². The van der Waals surface area contributed by atoms with E-state index in [9.17, 15) is 0 Å². The van der Waals surface area contributed by atoms with Crippen LogP contribution in [0.15, 0.2) is 18.2 Å². The van der Waals surface area contributed by atoms with Gasteiger partial charge in [-0.3, -0.25) is 4.90 Å². The minimum Gasteiger partial charge on any atom is -0.398 e. The SMILES string of the molecule is CCCC1CCCN(Cc2cc(C)ccc2N)CC1. The number of likely N-dealkylation sites (tertiary alicyclic amines) is 1. The zero-order chi connectivity index (χ0) is 13.7. The topological polar surface area (TPSA) is 29.3 Å². The van der Waals surface area contributed by atoms with E-state index in [1.807, 2.05) is 6.07 Å². The second-order valence-corrected chi connectivity index (χ2v) is 6.06. The smallest absolute Gasteiger partial charge is 0.0359 e. The number of benzene rings is 1. The first-order valence-corrected chi connectivity index (χ1v) is 7.76. The van der Waals surface area contributed by atoms with E-state index in [4.69, 9.17) is 5.73 Å². The molecule has 1 aromatic rings. The van der Waals surface area contributed by atoms with Crippen LogP contribution < -0.4 is 5.73 Å². The van der Waals surface area contributed by atoms with Crippen LogP contribution in [0.2, 0.25) is 0 Å². The fraction of sp³-hybridized carbons (Fsp3) is 0.647. The standard InChI is InChI=1S/C17H28N2/c1-3-5-15-6-4-10-19(11-9-15)13-16-12-14(2)7-8-17(16)18/h7-8,12,15H,3-6,9-11,13,18H2,1-2H3. The Morgan fingerprint density at radius 3 is 2.89 bits per heavy atom. The molecule has 2 rings (SSSR count). The first kappa shape index (κ1) is 14.4. The lowest BCUT2D eigenvalue weighted by Gasteiger charge is -2.21. The molecule has 0 saturated carbocycles. The van der Waals surface area contributed by atoms with Crippen molar-refractivity contribution in [2.24, 2.45) is 5.92 Å². The summed E-state index contributed by atoms with van der Waals surface area (Å²) < 4.78 is 0. The van der Waals surface area contributed by atoms with Crippen molar-refractivity contribution < 1.29 is 0 Å². The third-order valence-electron chi connectivity index (χ3n) is 4.33. The summed E-state index contributed by atoms with van der Waals surface area (Å²) in [4.78, 5) is 2.58. The van der Waals surface area contributed by atoms with Gasteiger partial charge in [-0.25, -0.2) is 0 Å². The molecule has 2 heteroatoms. The Morgan fingerprint density at radius 2 is 2.11 bits per heavy atom. The van der Waals surface area contributed by atoms with Gasteiger partial charge in [-0.15, -0.1) is 0 Å². The zero-order valence-electron chi connectivity index (χ0n) is 12.5. The molecular formula is C17H28N2. The molecule has 1 atom stereocenters. The summed E-state index contributed by atoms with van der Waals surface area (Å²) in [5.74, 6) is 0.949. The Labute approximate surface area is 118 Å². The Hall–Kier alpha value is -1.02. The molecule has 1 aliphatic rings. The van der Waals surface area contributed by atoms with Crippen LogP contribution >= 0.6 is 0 Å². The largest absolute Gasteiger partial charge is 0.398 e. The maximum absolute atomic E-state index is 6.09. The van der Waals surface area contributed by atoms with E-state index in [1.165, 1.54) is 56.3 Å². The fourth-order valence-corrected chi connectivity index (χ4v) is 3.19. The molecule has 1 unspecified atom stereocenters. The Balaban J connectivity index is 1.94. The van der Waals surface area contributed by atoms with Crippen LogP contribution in [0.5, 0.6) is 0 Å². The van der Waals surface area contributed by atoms with Crippen molar-refractivity contribution in [3.63, 3.8) is 0 Å². The highest BCUT2D eigenvalue weighted by molar-refractivity contribution is 5.48. The highest BCUT2D eigenvalue weighted by atomic mass is 15.1. The molecule has 106 valence electrons. The van der Waals surface area contributed by atoms with E-state index in [0.717, 1.165) is 18.2 Å². The van der Waals surface area contributed by atoms with Crippen LogP contribution in [0.25, 0.3) is 0 Å². The number of nitrogens with zero attached hydrogens (tertiary/aromatic N) is 1. The predicted octanol–water partition coefficient (Wildman–Crippen LogP) is 3.98. The van der Waals surface area contributed by atoms with Crippen molar-refractivity contribution in [1.29, 1.82) is 0 Å². The number of nitrogen functional groups attached to an aromatic ring is 1. The molecule has 0 aromatic heterocycles. The van der Waals surface area contributed by atoms with E-state index in [-0.39, 0.29) is 0 Å². The van der Waals surface area contributed by atoms with Gasteiger partial charge in [-0.1, -0.05) is 37.5 Å². The number of aryl methyl sites for hydroxylation is 1. The van der Waals surface area contributed by atoms with Crippen molar-refractivity contribution in [2.75, 3.05) is 18.8 Å². The molecule has 0 amide bonds. The Morgan fingerprint density at radius 1 is 1.26 bits per heavy atom. The summed E-state index contributed by atoms with van der Waals surface area (Å²) >= 11 is 0. The molecule has 2 N–H and O–H groups in total. The highest BCUT2D eigenvalue weighted by Gasteiger charge is 2.17. The van der Waals surface area contributed by atoms with Crippen molar-refractivity contribution >= 4 is 5.69 Å².